The number of anilines is 1. The molecule has 1 fully saturated rings. The van der Waals surface area contributed by atoms with Crippen LogP contribution in [0, 0.1) is 0 Å². The van der Waals surface area contributed by atoms with E-state index in [0.29, 0.717) is 37.1 Å². The van der Waals surface area contributed by atoms with Crippen molar-refractivity contribution in [2.45, 2.75) is 61.9 Å². The fourth-order valence-electron chi connectivity index (χ4n) is 4.92. The number of benzene rings is 2. The third-order valence-corrected chi connectivity index (χ3v) is 8.01. The summed E-state index contributed by atoms with van der Waals surface area (Å²) >= 11 is 0. The number of sulfonamides is 1. The van der Waals surface area contributed by atoms with Crippen LogP contribution in [0.25, 0.3) is 0 Å². The van der Waals surface area contributed by atoms with Gasteiger partial charge in [0.2, 0.25) is 5.91 Å². The first kappa shape index (κ1) is 22.1. The van der Waals surface area contributed by atoms with Crippen molar-refractivity contribution in [2.24, 2.45) is 4.99 Å². The summed E-state index contributed by atoms with van der Waals surface area (Å²) in [6, 6.07) is 15.7. The molecule has 1 saturated carbocycles. The Morgan fingerprint density at radius 2 is 1.88 bits per heavy atom. The van der Waals surface area contributed by atoms with Gasteiger partial charge in [-0.1, -0.05) is 30.3 Å². The zero-order valence-corrected chi connectivity index (χ0v) is 19.5. The largest absolute Gasteiger partial charge is 0.325 e. The van der Waals surface area contributed by atoms with E-state index in [9.17, 15) is 13.2 Å². The summed E-state index contributed by atoms with van der Waals surface area (Å²) in [7, 11) is -3.72. The van der Waals surface area contributed by atoms with Crippen LogP contribution in [0.3, 0.4) is 0 Å². The van der Waals surface area contributed by atoms with E-state index in [0.717, 1.165) is 38.5 Å². The van der Waals surface area contributed by atoms with Crippen molar-refractivity contribution in [3.8, 4) is 0 Å². The van der Waals surface area contributed by atoms with Crippen LogP contribution in [-0.4, -0.2) is 44.2 Å². The van der Waals surface area contributed by atoms with Crippen molar-refractivity contribution in [1.29, 1.82) is 0 Å². The predicted molar refractivity (Wildman–Crippen MR) is 129 cm³/mol. The molecule has 1 heterocycles. The lowest BCUT2D eigenvalue weighted by atomic mass is 9.86. The van der Waals surface area contributed by atoms with E-state index in [1.54, 1.807) is 12.1 Å². The molecule has 33 heavy (non-hydrogen) atoms. The molecule has 0 bridgehead atoms. The molecular weight excluding hydrogens is 436 g/mol. The number of hydrogen-bond donors (Lipinski definition) is 2. The maximum absolute atomic E-state index is 13.0. The summed E-state index contributed by atoms with van der Waals surface area (Å²) in [5, 5.41) is 2.92. The summed E-state index contributed by atoms with van der Waals surface area (Å²) in [6.07, 6.45) is 7.02. The molecule has 0 spiro atoms. The van der Waals surface area contributed by atoms with Crippen LogP contribution in [0.15, 0.2) is 58.4 Å². The lowest BCUT2D eigenvalue weighted by Crippen LogP contribution is -2.39. The molecule has 2 aromatic rings. The highest BCUT2D eigenvalue weighted by atomic mass is 32.2. The van der Waals surface area contributed by atoms with Gasteiger partial charge in [-0.05, 0) is 67.9 Å². The molecule has 1 unspecified atom stereocenters. The van der Waals surface area contributed by atoms with E-state index in [4.69, 9.17) is 0 Å². The molecule has 8 heteroatoms. The van der Waals surface area contributed by atoms with Crippen molar-refractivity contribution < 1.29 is 13.2 Å². The van der Waals surface area contributed by atoms with Crippen LogP contribution in [0.5, 0.6) is 0 Å². The Morgan fingerprint density at radius 1 is 1.03 bits per heavy atom. The van der Waals surface area contributed by atoms with Gasteiger partial charge in [-0.25, -0.2) is 8.42 Å². The zero-order chi connectivity index (χ0) is 22.8. The molecule has 1 aliphatic heterocycles. The first-order chi connectivity index (χ1) is 16.0. The average molecular weight is 467 g/mol. The third kappa shape index (κ3) is 5.12. The second-order valence-electron chi connectivity index (χ2n) is 9.12. The summed E-state index contributed by atoms with van der Waals surface area (Å²) in [5.41, 5.74) is 3.21. The van der Waals surface area contributed by atoms with Gasteiger partial charge in [0.05, 0.1) is 11.4 Å². The van der Waals surface area contributed by atoms with Crippen LogP contribution in [0.2, 0.25) is 0 Å². The average Bonchev–Trinajstić information content (AvgIpc) is 3.54. The predicted octanol–water partition coefficient (Wildman–Crippen LogP) is 3.64. The Morgan fingerprint density at radius 3 is 2.67 bits per heavy atom. The van der Waals surface area contributed by atoms with Gasteiger partial charge >= 0.3 is 0 Å². The SMILES string of the molecule is O=C(CN(C1CC1)C1CCCc2ccccc21)Nc1cccc(S(=O)(=O)NC2=NCCC2)c1. The Bertz CT molecular complexity index is 1170. The molecule has 0 radical (unpaired) electrons. The lowest BCUT2D eigenvalue weighted by Gasteiger charge is -2.35. The molecule has 2 N–H and O–H groups in total. The standard InChI is InChI=1S/C25H30N4O3S/c30-25(17-29(20-13-14-20)23-11-3-7-18-6-1-2-10-22(18)23)27-19-8-4-9-21(16-19)33(31,32)28-24-12-5-15-26-24/h1-2,4,6,8-10,16,20,23H,3,5,7,11-15,17H2,(H,26,28)(H,27,30). The van der Waals surface area contributed by atoms with Gasteiger partial charge in [-0.3, -0.25) is 19.4 Å². The minimum Gasteiger partial charge on any atom is -0.325 e. The van der Waals surface area contributed by atoms with E-state index in [1.807, 2.05) is 0 Å². The van der Waals surface area contributed by atoms with Gasteiger partial charge in [0, 0.05) is 30.7 Å². The van der Waals surface area contributed by atoms with Crippen LogP contribution in [-0.2, 0) is 21.2 Å². The van der Waals surface area contributed by atoms with E-state index in [-0.39, 0.29) is 16.8 Å². The van der Waals surface area contributed by atoms with Crippen molar-refractivity contribution in [3.63, 3.8) is 0 Å². The Labute approximate surface area is 195 Å². The topological polar surface area (TPSA) is 90.9 Å². The van der Waals surface area contributed by atoms with Gasteiger partial charge in [0.15, 0.2) is 0 Å². The molecule has 0 aromatic heterocycles. The number of amides is 1. The third-order valence-electron chi connectivity index (χ3n) is 6.63. The summed E-state index contributed by atoms with van der Waals surface area (Å²) in [6.45, 7) is 0.951. The molecule has 2 aromatic carbocycles. The van der Waals surface area contributed by atoms with E-state index in [2.05, 4.69) is 44.2 Å². The normalized spacial score (nSPS) is 20.3. The van der Waals surface area contributed by atoms with Crippen LogP contribution in [0.4, 0.5) is 5.69 Å². The molecule has 1 atom stereocenters. The van der Waals surface area contributed by atoms with Crippen LogP contribution in [0.1, 0.15) is 55.7 Å². The minimum absolute atomic E-state index is 0.118. The van der Waals surface area contributed by atoms with Crippen molar-refractivity contribution in [1.82, 2.24) is 9.62 Å². The highest BCUT2D eigenvalue weighted by Gasteiger charge is 2.37. The van der Waals surface area contributed by atoms with Gasteiger partial charge in [-0.2, -0.15) is 0 Å². The second-order valence-corrected chi connectivity index (χ2v) is 10.8. The zero-order valence-electron chi connectivity index (χ0n) is 18.7. The molecule has 5 rings (SSSR count). The van der Waals surface area contributed by atoms with E-state index in [1.165, 1.54) is 23.3 Å². The number of nitrogens with zero attached hydrogens (tertiary/aromatic N) is 2. The number of carbonyl (C=O) groups excluding carboxylic acids is 1. The molecule has 174 valence electrons. The highest BCUT2D eigenvalue weighted by molar-refractivity contribution is 7.90. The smallest absolute Gasteiger partial charge is 0.262 e. The number of carbonyl (C=O) groups is 1. The monoisotopic (exact) mass is 466 g/mol. The molecule has 7 nitrogen and oxygen atoms in total. The molecular formula is C25H30N4O3S. The van der Waals surface area contributed by atoms with E-state index >= 15 is 0 Å². The summed E-state index contributed by atoms with van der Waals surface area (Å²) in [4.78, 5) is 19.7. The number of nitrogens with one attached hydrogen (secondary N) is 2. The van der Waals surface area contributed by atoms with Gasteiger partial charge in [-0.15, -0.1) is 0 Å². The minimum atomic E-state index is -3.72. The number of aryl methyl sites for hydroxylation is 1. The summed E-state index contributed by atoms with van der Waals surface area (Å²) in [5.74, 6) is 0.380. The Balaban J connectivity index is 1.28. The van der Waals surface area contributed by atoms with Gasteiger partial charge in [0.25, 0.3) is 10.0 Å². The molecule has 1 amide bonds. The Kier molecular flexibility index (Phi) is 6.21. The molecule has 0 saturated heterocycles. The maximum atomic E-state index is 13.0. The number of rotatable bonds is 7. The fraction of sp³-hybridized carbons (Fsp3) is 0.440. The number of amidine groups is 1. The quantitative estimate of drug-likeness (QED) is 0.652. The molecule has 2 aliphatic carbocycles. The van der Waals surface area contributed by atoms with E-state index < -0.39 is 10.0 Å². The second kappa shape index (κ2) is 9.27. The summed E-state index contributed by atoms with van der Waals surface area (Å²) < 4.78 is 28.0. The van der Waals surface area contributed by atoms with Crippen molar-refractivity contribution in [2.75, 3.05) is 18.4 Å². The van der Waals surface area contributed by atoms with Crippen molar-refractivity contribution >= 4 is 27.5 Å². The van der Waals surface area contributed by atoms with Crippen molar-refractivity contribution in [3.05, 3.63) is 59.7 Å². The lowest BCUT2D eigenvalue weighted by molar-refractivity contribution is -0.118. The number of fused-ring (bicyclic) bond motifs is 1. The van der Waals surface area contributed by atoms with Gasteiger partial charge in [0.1, 0.15) is 5.84 Å². The maximum Gasteiger partial charge on any atom is 0.262 e. The number of hydrogen-bond acceptors (Lipinski definition) is 5. The molecule has 3 aliphatic rings. The fourth-order valence-corrected chi connectivity index (χ4v) is 6.05. The van der Waals surface area contributed by atoms with Crippen LogP contribution >= 0.6 is 0 Å². The Hall–Kier alpha value is -2.71. The highest BCUT2D eigenvalue weighted by Crippen LogP contribution is 2.40. The first-order valence-electron chi connectivity index (χ1n) is 11.8. The number of aliphatic imine (C=N–C) groups is 1. The van der Waals surface area contributed by atoms with Gasteiger partial charge < -0.3 is 5.32 Å². The first-order valence-corrected chi connectivity index (χ1v) is 13.3. The van der Waals surface area contributed by atoms with Crippen LogP contribution < -0.4 is 10.0 Å².